The number of carbonyl (C=O) groups excluding carboxylic acids is 1. The van der Waals surface area contributed by atoms with E-state index in [0.717, 1.165) is 30.9 Å². The van der Waals surface area contributed by atoms with Gasteiger partial charge in [-0.1, -0.05) is 37.3 Å². The van der Waals surface area contributed by atoms with Gasteiger partial charge in [-0.05, 0) is 36.9 Å². The lowest BCUT2D eigenvalue weighted by Crippen LogP contribution is -2.48. The number of nitrogens with zero attached hydrogens (tertiary/aromatic N) is 4. The Morgan fingerprint density at radius 1 is 1.00 bits per heavy atom. The minimum atomic E-state index is -0.317. The van der Waals surface area contributed by atoms with E-state index in [1.165, 1.54) is 12.1 Å². The Balaban J connectivity index is 1.71. The van der Waals surface area contributed by atoms with Gasteiger partial charge in [0.15, 0.2) is 0 Å². The van der Waals surface area contributed by atoms with Crippen LogP contribution in [0.2, 0.25) is 0 Å². The number of benzene rings is 2. The molecule has 6 heteroatoms. The minimum Gasteiger partial charge on any atom is -0.335 e. The molecule has 1 amide bonds. The van der Waals surface area contributed by atoms with Gasteiger partial charge in [0, 0.05) is 31.7 Å². The lowest BCUT2D eigenvalue weighted by atomic mass is 10.1. The topological polar surface area (TPSA) is 41.4 Å². The summed E-state index contributed by atoms with van der Waals surface area (Å²) in [7, 11) is 0. The first-order chi connectivity index (χ1) is 13.7. The predicted molar refractivity (Wildman–Crippen MR) is 107 cm³/mol. The average molecular weight is 378 g/mol. The summed E-state index contributed by atoms with van der Waals surface area (Å²) >= 11 is 0. The van der Waals surface area contributed by atoms with Crippen LogP contribution in [0.25, 0.3) is 16.9 Å². The van der Waals surface area contributed by atoms with Crippen LogP contribution in [0.15, 0.2) is 60.7 Å². The second kappa shape index (κ2) is 7.94. The van der Waals surface area contributed by atoms with E-state index < -0.39 is 0 Å². The van der Waals surface area contributed by atoms with Crippen LogP contribution in [0, 0.1) is 5.82 Å². The maximum Gasteiger partial charge on any atom is 0.272 e. The standard InChI is InChI=1S/C22H23FN4O/c1-2-25-12-14-26(15-13-25)22(28)21-16-20(17-6-4-3-5-7-17)24-27(21)19-10-8-18(23)9-11-19/h3-11,16H,2,12-15H2,1H3. The van der Waals surface area contributed by atoms with Gasteiger partial charge in [0.25, 0.3) is 5.91 Å². The van der Waals surface area contributed by atoms with Crippen molar-refractivity contribution in [3.8, 4) is 16.9 Å². The third kappa shape index (κ3) is 3.68. The monoisotopic (exact) mass is 378 g/mol. The van der Waals surface area contributed by atoms with Crippen molar-refractivity contribution in [2.75, 3.05) is 32.7 Å². The van der Waals surface area contributed by atoms with Gasteiger partial charge < -0.3 is 9.80 Å². The molecule has 0 aliphatic carbocycles. The molecule has 1 fully saturated rings. The zero-order chi connectivity index (χ0) is 19.5. The molecule has 0 saturated carbocycles. The first kappa shape index (κ1) is 18.4. The molecule has 0 radical (unpaired) electrons. The van der Waals surface area contributed by atoms with Crippen LogP contribution in [0.5, 0.6) is 0 Å². The van der Waals surface area contributed by atoms with E-state index in [1.54, 1.807) is 16.8 Å². The van der Waals surface area contributed by atoms with Gasteiger partial charge in [-0.2, -0.15) is 5.10 Å². The molecule has 0 bridgehead atoms. The van der Waals surface area contributed by atoms with Crippen molar-refractivity contribution in [1.29, 1.82) is 0 Å². The zero-order valence-corrected chi connectivity index (χ0v) is 15.9. The lowest BCUT2D eigenvalue weighted by molar-refractivity contribution is 0.0634. The Hall–Kier alpha value is -2.99. The van der Waals surface area contributed by atoms with Crippen LogP contribution >= 0.6 is 0 Å². The Kier molecular flexibility index (Phi) is 5.21. The van der Waals surface area contributed by atoms with Crippen LogP contribution in [-0.4, -0.2) is 58.2 Å². The van der Waals surface area contributed by atoms with Crippen molar-refractivity contribution in [1.82, 2.24) is 19.6 Å². The SMILES string of the molecule is CCN1CCN(C(=O)c2cc(-c3ccccc3)nn2-c2ccc(F)cc2)CC1. The summed E-state index contributed by atoms with van der Waals surface area (Å²) in [6.45, 7) is 6.27. The van der Waals surface area contributed by atoms with Gasteiger partial charge in [0.05, 0.1) is 11.4 Å². The van der Waals surface area contributed by atoms with Crippen molar-refractivity contribution in [3.63, 3.8) is 0 Å². The Morgan fingerprint density at radius 2 is 1.68 bits per heavy atom. The van der Waals surface area contributed by atoms with E-state index in [0.29, 0.717) is 24.5 Å². The average Bonchev–Trinajstić information content (AvgIpc) is 3.20. The second-order valence-corrected chi connectivity index (χ2v) is 6.90. The third-order valence-electron chi connectivity index (χ3n) is 5.18. The molecular formula is C22H23FN4O. The number of hydrogen-bond donors (Lipinski definition) is 0. The molecule has 28 heavy (non-hydrogen) atoms. The normalized spacial score (nSPS) is 15.0. The van der Waals surface area contributed by atoms with E-state index in [-0.39, 0.29) is 11.7 Å². The smallest absolute Gasteiger partial charge is 0.272 e. The van der Waals surface area contributed by atoms with E-state index in [1.807, 2.05) is 41.3 Å². The van der Waals surface area contributed by atoms with Crippen molar-refractivity contribution >= 4 is 5.91 Å². The highest BCUT2D eigenvalue weighted by molar-refractivity contribution is 5.94. The summed E-state index contributed by atoms with van der Waals surface area (Å²) in [6.07, 6.45) is 0. The van der Waals surface area contributed by atoms with Crippen LogP contribution < -0.4 is 0 Å². The Morgan fingerprint density at radius 3 is 2.32 bits per heavy atom. The number of likely N-dealkylation sites (N-methyl/N-ethyl adjacent to an activating group) is 1. The van der Waals surface area contributed by atoms with Crippen LogP contribution in [0.1, 0.15) is 17.4 Å². The fourth-order valence-corrected chi connectivity index (χ4v) is 3.49. The van der Waals surface area contributed by atoms with Crippen LogP contribution in [0.3, 0.4) is 0 Å². The summed E-state index contributed by atoms with van der Waals surface area (Å²) in [4.78, 5) is 17.5. The largest absolute Gasteiger partial charge is 0.335 e. The molecule has 1 aliphatic rings. The van der Waals surface area contributed by atoms with Crippen LogP contribution in [0.4, 0.5) is 4.39 Å². The molecular weight excluding hydrogens is 355 g/mol. The molecule has 0 atom stereocenters. The molecule has 2 aromatic carbocycles. The first-order valence-corrected chi connectivity index (χ1v) is 9.59. The molecule has 144 valence electrons. The summed E-state index contributed by atoms with van der Waals surface area (Å²) in [5.74, 6) is -0.363. The van der Waals surface area contributed by atoms with Gasteiger partial charge in [-0.3, -0.25) is 4.79 Å². The number of hydrogen-bond acceptors (Lipinski definition) is 3. The predicted octanol–water partition coefficient (Wildman–Crippen LogP) is 3.46. The highest BCUT2D eigenvalue weighted by Gasteiger charge is 2.25. The summed E-state index contributed by atoms with van der Waals surface area (Å²) in [5.41, 5.74) is 2.82. The maximum atomic E-state index is 13.4. The Labute approximate surface area is 164 Å². The maximum absolute atomic E-state index is 13.4. The quantitative estimate of drug-likeness (QED) is 0.698. The van der Waals surface area contributed by atoms with E-state index in [9.17, 15) is 9.18 Å². The van der Waals surface area contributed by atoms with Crippen molar-refractivity contribution in [3.05, 3.63) is 72.2 Å². The fraction of sp³-hybridized carbons (Fsp3) is 0.273. The molecule has 1 saturated heterocycles. The summed E-state index contributed by atoms with van der Waals surface area (Å²) in [5, 5.41) is 4.66. The Bertz CT molecular complexity index is 944. The highest BCUT2D eigenvalue weighted by atomic mass is 19.1. The minimum absolute atomic E-state index is 0.0465. The lowest BCUT2D eigenvalue weighted by Gasteiger charge is -2.34. The summed E-state index contributed by atoms with van der Waals surface area (Å²) in [6, 6.07) is 17.6. The van der Waals surface area contributed by atoms with Gasteiger partial charge in [0.1, 0.15) is 11.5 Å². The van der Waals surface area contributed by atoms with Crippen molar-refractivity contribution < 1.29 is 9.18 Å². The molecule has 0 N–H and O–H groups in total. The van der Waals surface area contributed by atoms with Gasteiger partial charge in [-0.25, -0.2) is 9.07 Å². The molecule has 3 aromatic rings. The summed E-state index contributed by atoms with van der Waals surface area (Å²) < 4.78 is 15.0. The molecule has 5 nitrogen and oxygen atoms in total. The molecule has 4 rings (SSSR count). The van der Waals surface area contributed by atoms with Gasteiger partial charge >= 0.3 is 0 Å². The van der Waals surface area contributed by atoms with Gasteiger partial charge in [0.2, 0.25) is 0 Å². The van der Waals surface area contributed by atoms with E-state index >= 15 is 0 Å². The molecule has 2 heterocycles. The van der Waals surface area contributed by atoms with Crippen molar-refractivity contribution in [2.24, 2.45) is 0 Å². The van der Waals surface area contributed by atoms with Crippen molar-refractivity contribution in [2.45, 2.75) is 6.92 Å². The number of amides is 1. The molecule has 1 aliphatic heterocycles. The number of halogens is 1. The third-order valence-corrected chi connectivity index (χ3v) is 5.18. The molecule has 0 spiro atoms. The van der Waals surface area contributed by atoms with E-state index in [2.05, 4.69) is 16.9 Å². The number of aromatic nitrogens is 2. The molecule has 0 unspecified atom stereocenters. The van der Waals surface area contributed by atoms with Gasteiger partial charge in [-0.15, -0.1) is 0 Å². The number of carbonyl (C=O) groups is 1. The molecule has 1 aromatic heterocycles. The van der Waals surface area contributed by atoms with Crippen LogP contribution in [-0.2, 0) is 0 Å². The number of piperazine rings is 1. The highest BCUT2D eigenvalue weighted by Crippen LogP contribution is 2.23. The second-order valence-electron chi connectivity index (χ2n) is 6.90. The van der Waals surface area contributed by atoms with E-state index in [4.69, 9.17) is 0 Å². The number of rotatable bonds is 4. The zero-order valence-electron chi connectivity index (χ0n) is 15.9. The first-order valence-electron chi connectivity index (χ1n) is 9.59. The fourth-order valence-electron chi connectivity index (χ4n) is 3.49.